The first-order valence-corrected chi connectivity index (χ1v) is 6.84. The van der Waals surface area contributed by atoms with E-state index in [4.69, 9.17) is 15.2 Å². The predicted molar refractivity (Wildman–Crippen MR) is 68.5 cm³/mol. The van der Waals surface area contributed by atoms with Gasteiger partial charge in [-0.3, -0.25) is 4.79 Å². The number of carbonyl (C=O) groups is 1. The van der Waals surface area contributed by atoms with Crippen LogP contribution in [0.1, 0.15) is 0 Å². The van der Waals surface area contributed by atoms with Crippen molar-refractivity contribution in [2.75, 3.05) is 27.8 Å². The number of methoxy groups -OCH3 is 2. The number of likely N-dealkylation sites (N-methyl/N-ethyl adjacent to an activating group) is 1. The fourth-order valence-corrected chi connectivity index (χ4v) is 2.70. The number of benzene rings is 1. The summed E-state index contributed by atoms with van der Waals surface area (Å²) in [4.78, 5) is 10.1. The van der Waals surface area contributed by atoms with Crippen molar-refractivity contribution in [3.05, 3.63) is 17.9 Å². The Balaban J connectivity index is 3.35. The Morgan fingerprint density at radius 1 is 1.30 bits per heavy atom. The third-order valence-corrected chi connectivity index (χ3v) is 4.32. The SMILES string of the molecule is COc1cc(F)c(S(=O)(=O)N(C)CC(N)=O)cc1OC. The van der Waals surface area contributed by atoms with E-state index in [9.17, 15) is 17.6 Å². The second kappa shape index (κ2) is 6.06. The van der Waals surface area contributed by atoms with Gasteiger partial charge in [-0.1, -0.05) is 0 Å². The molecule has 7 nitrogen and oxygen atoms in total. The molecule has 0 radical (unpaired) electrons. The van der Waals surface area contributed by atoms with E-state index in [0.717, 1.165) is 19.2 Å². The highest BCUT2D eigenvalue weighted by Gasteiger charge is 2.27. The van der Waals surface area contributed by atoms with Crippen LogP contribution in [0.25, 0.3) is 0 Å². The molecule has 1 aromatic rings. The van der Waals surface area contributed by atoms with Gasteiger partial charge in [-0.25, -0.2) is 12.8 Å². The lowest BCUT2D eigenvalue weighted by molar-refractivity contribution is -0.118. The van der Waals surface area contributed by atoms with Crippen molar-refractivity contribution in [1.82, 2.24) is 4.31 Å². The molecule has 112 valence electrons. The Hall–Kier alpha value is -1.87. The minimum Gasteiger partial charge on any atom is -0.493 e. The molecular weight excluding hydrogens is 291 g/mol. The number of amides is 1. The van der Waals surface area contributed by atoms with Crippen molar-refractivity contribution in [2.24, 2.45) is 5.73 Å². The van der Waals surface area contributed by atoms with E-state index in [1.807, 2.05) is 0 Å². The molecule has 2 N–H and O–H groups in total. The van der Waals surface area contributed by atoms with Crippen molar-refractivity contribution in [2.45, 2.75) is 4.90 Å². The van der Waals surface area contributed by atoms with Crippen LogP contribution in [0, 0.1) is 5.82 Å². The molecule has 1 rings (SSSR count). The summed E-state index contributed by atoms with van der Waals surface area (Å²) in [6.07, 6.45) is 0. The third-order valence-electron chi connectivity index (χ3n) is 2.50. The Labute approximate surface area is 116 Å². The minimum absolute atomic E-state index is 0.0555. The number of sulfonamides is 1. The number of primary amides is 1. The Bertz CT molecular complexity index is 617. The van der Waals surface area contributed by atoms with Crippen LogP contribution in [-0.4, -0.2) is 46.4 Å². The number of nitrogens with zero attached hydrogens (tertiary/aromatic N) is 1. The highest BCUT2D eigenvalue weighted by Crippen LogP contribution is 2.32. The average Bonchev–Trinajstić information content (AvgIpc) is 2.37. The molecule has 0 saturated carbocycles. The normalized spacial score (nSPS) is 11.4. The van der Waals surface area contributed by atoms with Crippen molar-refractivity contribution in [3.63, 3.8) is 0 Å². The summed E-state index contributed by atoms with van der Waals surface area (Å²) >= 11 is 0. The number of halogens is 1. The van der Waals surface area contributed by atoms with Gasteiger partial charge >= 0.3 is 0 Å². The molecule has 0 bridgehead atoms. The van der Waals surface area contributed by atoms with Crippen LogP contribution in [0.5, 0.6) is 11.5 Å². The van der Waals surface area contributed by atoms with Gasteiger partial charge in [-0.2, -0.15) is 4.31 Å². The van der Waals surface area contributed by atoms with Crippen LogP contribution < -0.4 is 15.2 Å². The summed E-state index contributed by atoms with van der Waals surface area (Å²) in [5.74, 6) is -1.75. The zero-order chi connectivity index (χ0) is 15.5. The number of ether oxygens (including phenoxy) is 2. The number of nitrogens with two attached hydrogens (primary N) is 1. The van der Waals surface area contributed by atoms with E-state index < -0.39 is 33.2 Å². The Morgan fingerprint density at radius 3 is 2.25 bits per heavy atom. The maximum absolute atomic E-state index is 13.9. The second-order valence-corrected chi connectivity index (χ2v) is 5.88. The summed E-state index contributed by atoms with van der Waals surface area (Å²) in [5.41, 5.74) is 4.92. The molecule has 0 heterocycles. The molecule has 0 aliphatic heterocycles. The Kier molecular flexibility index (Phi) is 4.90. The van der Waals surface area contributed by atoms with Gasteiger partial charge in [0, 0.05) is 19.2 Å². The molecule has 1 amide bonds. The summed E-state index contributed by atoms with van der Waals surface area (Å²) in [7, 11) is -0.492. The number of carbonyl (C=O) groups excluding carboxylic acids is 1. The molecule has 0 atom stereocenters. The van der Waals surface area contributed by atoms with E-state index in [-0.39, 0.29) is 11.5 Å². The van der Waals surface area contributed by atoms with Crippen molar-refractivity contribution >= 4 is 15.9 Å². The number of hydrogen-bond donors (Lipinski definition) is 1. The number of hydrogen-bond acceptors (Lipinski definition) is 5. The van der Waals surface area contributed by atoms with Crippen LogP contribution in [0.4, 0.5) is 4.39 Å². The van der Waals surface area contributed by atoms with Crippen LogP contribution in [-0.2, 0) is 14.8 Å². The summed E-state index contributed by atoms with van der Waals surface area (Å²) in [5, 5.41) is 0. The molecular formula is C11H15FN2O5S. The molecule has 1 aromatic carbocycles. The van der Waals surface area contributed by atoms with E-state index in [1.165, 1.54) is 14.2 Å². The van der Waals surface area contributed by atoms with E-state index in [2.05, 4.69) is 0 Å². The zero-order valence-electron chi connectivity index (χ0n) is 11.2. The van der Waals surface area contributed by atoms with Gasteiger partial charge in [0.05, 0.1) is 20.8 Å². The van der Waals surface area contributed by atoms with Gasteiger partial charge in [0.15, 0.2) is 11.5 Å². The van der Waals surface area contributed by atoms with Crippen LogP contribution in [0.15, 0.2) is 17.0 Å². The molecule has 0 aliphatic carbocycles. The maximum atomic E-state index is 13.9. The molecule has 0 fully saturated rings. The molecule has 0 aromatic heterocycles. The van der Waals surface area contributed by atoms with E-state index >= 15 is 0 Å². The van der Waals surface area contributed by atoms with Crippen molar-refractivity contribution in [3.8, 4) is 11.5 Å². The molecule has 9 heteroatoms. The second-order valence-electron chi connectivity index (χ2n) is 3.87. The fourth-order valence-electron chi connectivity index (χ4n) is 1.51. The highest BCUT2D eigenvalue weighted by atomic mass is 32.2. The van der Waals surface area contributed by atoms with E-state index in [1.54, 1.807) is 0 Å². The van der Waals surface area contributed by atoms with Gasteiger partial charge in [-0.05, 0) is 0 Å². The lowest BCUT2D eigenvalue weighted by atomic mass is 10.3. The van der Waals surface area contributed by atoms with E-state index in [0.29, 0.717) is 4.31 Å². The lowest BCUT2D eigenvalue weighted by Crippen LogP contribution is -2.35. The monoisotopic (exact) mass is 306 g/mol. The summed E-state index contributed by atoms with van der Waals surface area (Å²) < 4.78 is 48.6. The lowest BCUT2D eigenvalue weighted by Gasteiger charge is -2.17. The predicted octanol–water partition coefficient (Wildman–Crippen LogP) is -0.0513. The van der Waals surface area contributed by atoms with Gasteiger partial charge in [0.2, 0.25) is 15.9 Å². The summed E-state index contributed by atoms with van der Waals surface area (Å²) in [6, 6.07) is 1.88. The van der Waals surface area contributed by atoms with Gasteiger partial charge < -0.3 is 15.2 Å². The molecule has 0 unspecified atom stereocenters. The first kappa shape index (κ1) is 16.2. The largest absolute Gasteiger partial charge is 0.493 e. The molecule has 0 spiro atoms. The third kappa shape index (κ3) is 3.17. The molecule has 20 heavy (non-hydrogen) atoms. The van der Waals surface area contributed by atoms with Gasteiger partial charge in [0.25, 0.3) is 0 Å². The first-order valence-electron chi connectivity index (χ1n) is 5.40. The molecule has 0 aliphatic rings. The Morgan fingerprint density at radius 2 is 1.80 bits per heavy atom. The summed E-state index contributed by atoms with van der Waals surface area (Å²) in [6.45, 7) is -0.559. The van der Waals surface area contributed by atoms with Crippen LogP contribution in [0.3, 0.4) is 0 Å². The van der Waals surface area contributed by atoms with Gasteiger partial charge in [-0.15, -0.1) is 0 Å². The molecule has 0 saturated heterocycles. The topological polar surface area (TPSA) is 98.9 Å². The smallest absolute Gasteiger partial charge is 0.246 e. The quantitative estimate of drug-likeness (QED) is 0.794. The van der Waals surface area contributed by atoms with Crippen LogP contribution in [0.2, 0.25) is 0 Å². The van der Waals surface area contributed by atoms with Gasteiger partial charge in [0.1, 0.15) is 10.7 Å². The highest BCUT2D eigenvalue weighted by molar-refractivity contribution is 7.89. The van der Waals surface area contributed by atoms with Crippen LogP contribution >= 0.6 is 0 Å². The van der Waals surface area contributed by atoms with Crippen molar-refractivity contribution in [1.29, 1.82) is 0 Å². The zero-order valence-corrected chi connectivity index (χ0v) is 12.0. The minimum atomic E-state index is -4.20. The fraction of sp³-hybridized carbons (Fsp3) is 0.364. The maximum Gasteiger partial charge on any atom is 0.246 e. The standard InChI is InChI=1S/C11H15FN2O5S/c1-14(6-11(13)15)20(16,17)10-5-9(19-3)8(18-2)4-7(10)12/h4-5H,6H2,1-3H3,(H2,13,15). The van der Waals surface area contributed by atoms with Crippen molar-refractivity contribution < 1.29 is 27.1 Å². The number of rotatable bonds is 6. The average molecular weight is 306 g/mol. The first-order chi connectivity index (χ1) is 9.23.